The highest BCUT2D eigenvalue weighted by Gasteiger charge is 2.32. The SMILES string of the molecule is CCOC(=O)[C@H]1C=C1CCc1ccccc1. The van der Waals surface area contributed by atoms with Gasteiger partial charge in [-0.15, -0.1) is 0 Å². The van der Waals surface area contributed by atoms with Crippen molar-refractivity contribution in [1.82, 2.24) is 0 Å². The first-order chi connectivity index (χ1) is 7.81. The van der Waals surface area contributed by atoms with Crippen LogP contribution in [-0.2, 0) is 16.0 Å². The molecule has 2 rings (SSSR count). The molecule has 0 fully saturated rings. The van der Waals surface area contributed by atoms with Gasteiger partial charge in [0.1, 0.15) is 0 Å². The zero-order chi connectivity index (χ0) is 11.4. The molecule has 0 bridgehead atoms. The van der Waals surface area contributed by atoms with Gasteiger partial charge in [0.25, 0.3) is 0 Å². The lowest BCUT2D eigenvalue weighted by atomic mass is 10.1. The molecule has 0 N–H and O–H groups in total. The largest absolute Gasteiger partial charge is 0.465 e. The fourth-order valence-corrected chi connectivity index (χ4v) is 1.79. The zero-order valence-electron chi connectivity index (χ0n) is 9.48. The topological polar surface area (TPSA) is 26.3 Å². The molecule has 16 heavy (non-hydrogen) atoms. The van der Waals surface area contributed by atoms with Crippen LogP contribution in [0.25, 0.3) is 0 Å². The third-order valence-electron chi connectivity index (χ3n) is 2.76. The first kappa shape index (κ1) is 10.9. The van der Waals surface area contributed by atoms with E-state index >= 15 is 0 Å². The van der Waals surface area contributed by atoms with Gasteiger partial charge in [-0.25, -0.2) is 0 Å². The van der Waals surface area contributed by atoms with E-state index in [1.165, 1.54) is 11.1 Å². The summed E-state index contributed by atoms with van der Waals surface area (Å²) in [7, 11) is 0. The number of rotatable bonds is 5. The molecule has 0 radical (unpaired) electrons. The van der Waals surface area contributed by atoms with Gasteiger partial charge in [-0.05, 0) is 25.3 Å². The second-order valence-electron chi connectivity index (χ2n) is 3.96. The third-order valence-corrected chi connectivity index (χ3v) is 2.76. The van der Waals surface area contributed by atoms with Gasteiger partial charge in [0, 0.05) is 0 Å². The lowest BCUT2D eigenvalue weighted by Crippen LogP contribution is -2.08. The van der Waals surface area contributed by atoms with Crippen molar-refractivity contribution in [3.05, 3.63) is 47.5 Å². The lowest BCUT2D eigenvalue weighted by molar-refractivity contribution is -0.144. The molecular weight excluding hydrogens is 200 g/mol. The molecule has 0 unspecified atom stereocenters. The Morgan fingerprint density at radius 3 is 2.69 bits per heavy atom. The summed E-state index contributed by atoms with van der Waals surface area (Å²) in [5.74, 6) is -0.116. The number of carbonyl (C=O) groups excluding carboxylic acids is 1. The number of esters is 1. The second kappa shape index (κ2) is 4.97. The lowest BCUT2D eigenvalue weighted by Gasteiger charge is -2.01. The van der Waals surface area contributed by atoms with Crippen molar-refractivity contribution in [3.8, 4) is 0 Å². The van der Waals surface area contributed by atoms with E-state index in [1.807, 2.05) is 31.2 Å². The number of carbonyl (C=O) groups is 1. The normalized spacial score (nSPS) is 17.8. The zero-order valence-corrected chi connectivity index (χ0v) is 9.48. The minimum absolute atomic E-state index is 0.0244. The van der Waals surface area contributed by atoms with Crippen LogP contribution in [0.5, 0.6) is 0 Å². The van der Waals surface area contributed by atoms with Crippen LogP contribution in [0, 0.1) is 5.92 Å². The van der Waals surface area contributed by atoms with Crippen LogP contribution in [0.2, 0.25) is 0 Å². The van der Waals surface area contributed by atoms with Crippen LogP contribution in [0.4, 0.5) is 0 Å². The molecule has 1 aliphatic carbocycles. The van der Waals surface area contributed by atoms with Gasteiger partial charge >= 0.3 is 5.97 Å². The Morgan fingerprint density at radius 2 is 2.00 bits per heavy atom. The highest BCUT2D eigenvalue weighted by Crippen LogP contribution is 2.33. The van der Waals surface area contributed by atoms with Crippen LogP contribution in [-0.4, -0.2) is 12.6 Å². The average molecular weight is 216 g/mol. The monoisotopic (exact) mass is 216 g/mol. The second-order valence-corrected chi connectivity index (χ2v) is 3.96. The van der Waals surface area contributed by atoms with Crippen molar-refractivity contribution < 1.29 is 9.53 Å². The first-order valence-electron chi connectivity index (χ1n) is 5.72. The van der Waals surface area contributed by atoms with Gasteiger partial charge in [-0.3, -0.25) is 4.79 Å². The van der Waals surface area contributed by atoms with E-state index in [9.17, 15) is 4.79 Å². The van der Waals surface area contributed by atoms with Crippen molar-refractivity contribution in [3.63, 3.8) is 0 Å². The molecule has 0 spiro atoms. The van der Waals surface area contributed by atoms with Crippen molar-refractivity contribution in [2.75, 3.05) is 6.61 Å². The van der Waals surface area contributed by atoms with Crippen LogP contribution in [0.15, 0.2) is 42.0 Å². The van der Waals surface area contributed by atoms with Crippen molar-refractivity contribution in [2.45, 2.75) is 19.8 Å². The maximum Gasteiger partial charge on any atom is 0.316 e. The van der Waals surface area contributed by atoms with E-state index in [1.54, 1.807) is 0 Å². The summed E-state index contributed by atoms with van der Waals surface area (Å²) < 4.78 is 4.96. The smallest absolute Gasteiger partial charge is 0.316 e. The summed E-state index contributed by atoms with van der Waals surface area (Å²) in [5.41, 5.74) is 2.54. The molecule has 2 heteroatoms. The Balaban J connectivity index is 1.74. The highest BCUT2D eigenvalue weighted by atomic mass is 16.5. The molecule has 0 aromatic heterocycles. The van der Waals surface area contributed by atoms with E-state index in [2.05, 4.69) is 12.1 Å². The molecule has 0 amide bonds. The van der Waals surface area contributed by atoms with Gasteiger partial charge < -0.3 is 4.74 Å². The Hall–Kier alpha value is -1.57. The molecule has 1 atom stereocenters. The molecular formula is C14H16O2. The summed E-state index contributed by atoms with van der Waals surface area (Å²) in [6.07, 6.45) is 3.97. The predicted molar refractivity (Wildman–Crippen MR) is 63.0 cm³/mol. The Morgan fingerprint density at radius 1 is 1.25 bits per heavy atom. The minimum Gasteiger partial charge on any atom is -0.465 e. The maximum absolute atomic E-state index is 11.4. The standard InChI is InChI=1S/C14H16O2/c1-2-16-14(15)13-10-12(13)9-8-11-6-4-3-5-7-11/h3-7,10,13H,2,8-9H2,1H3/t13-/m0/s1. The Labute approximate surface area is 95.9 Å². The Bertz CT molecular complexity index is 392. The van der Waals surface area contributed by atoms with Crippen LogP contribution in [0.1, 0.15) is 18.9 Å². The highest BCUT2D eigenvalue weighted by molar-refractivity contribution is 5.83. The number of benzene rings is 1. The third kappa shape index (κ3) is 2.72. The van der Waals surface area contributed by atoms with Gasteiger partial charge in [0.15, 0.2) is 0 Å². The van der Waals surface area contributed by atoms with Crippen LogP contribution >= 0.6 is 0 Å². The van der Waals surface area contributed by atoms with Crippen molar-refractivity contribution in [1.29, 1.82) is 0 Å². The molecule has 0 saturated carbocycles. The summed E-state index contributed by atoms with van der Waals surface area (Å²) in [4.78, 5) is 11.4. The van der Waals surface area contributed by atoms with Gasteiger partial charge in [-0.2, -0.15) is 0 Å². The van der Waals surface area contributed by atoms with Gasteiger partial charge in [0.05, 0.1) is 12.5 Å². The minimum atomic E-state index is -0.0921. The first-order valence-corrected chi connectivity index (χ1v) is 5.72. The van der Waals surface area contributed by atoms with E-state index in [-0.39, 0.29) is 11.9 Å². The maximum atomic E-state index is 11.4. The van der Waals surface area contributed by atoms with E-state index < -0.39 is 0 Å². The van der Waals surface area contributed by atoms with Crippen molar-refractivity contribution in [2.24, 2.45) is 5.92 Å². The molecule has 84 valence electrons. The molecule has 2 nitrogen and oxygen atoms in total. The molecule has 0 aliphatic heterocycles. The fraction of sp³-hybridized carbons (Fsp3) is 0.357. The summed E-state index contributed by atoms with van der Waals surface area (Å²) >= 11 is 0. The molecule has 1 aliphatic rings. The molecule has 0 heterocycles. The fourth-order valence-electron chi connectivity index (χ4n) is 1.79. The number of hydrogen-bond donors (Lipinski definition) is 0. The quantitative estimate of drug-likeness (QED) is 0.559. The van der Waals surface area contributed by atoms with Gasteiger partial charge in [-0.1, -0.05) is 42.0 Å². The van der Waals surface area contributed by atoms with Crippen LogP contribution in [0.3, 0.4) is 0 Å². The average Bonchev–Trinajstić information content (AvgIpc) is 3.08. The summed E-state index contributed by atoms with van der Waals surface area (Å²) in [6.45, 7) is 2.30. The summed E-state index contributed by atoms with van der Waals surface area (Å²) in [5, 5.41) is 0. The molecule has 1 aromatic carbocycles. The van der Waals surface area contributed by atoms with Crippen LogP contribution < -0.4 is 0 Å². The molecule has 0 saturated heterocycles. The van der Waals surface area contributed by atoms with E-state index in [4.69, 9.17) is 4.74 Å². The van der Waals surface area contributed by atoms with Crippen molar-refractivity contribution >= 4 is 5.97 Å². The van der Waals surface area contributed by atoms with E-state index in [0.717, 1.165) is 12.8 Å². The molecule has 1 aromatic rings. The number of hydrogen-bond acceptors (Lipinski definition) is 2. The summed E-state index contributed by atoms with van der Waals surface area (Å²) in [6, 6.07) is 10.3. The number of ether oxygens (including phenoxy) is 1. The number of aryl methyl sites for hydroxylation is 1. The van der Waals surface area contributed by atoms with E-state index in [0.29, 0.717) is 6.61 Å². The predicted octanol–water partition coefficient (Wildman–Crippen LogP) is 2.74. The Kier molecular flexibility index (Phi) is 3.40. The van der Waals surface area contributed by atoms with Gasteiger partial charge in [0.2, 0.25) is 0 Å².